The van der Waals surface area contributed by atoms with Crippen LogP contribution in [0, 0.1) is 0 Å². The Morgan fingerprint density at radius 3 is 2.88 bits per heavy atom. The molecule has 1 aliphatic heterocycles. The average molecular weight is 274 g/mol. The second-order valence-corrected chi connectivity index (χ2v) is 7.33. The van der Waals surface area contributed by atoms with Gasteiger partial charge in [0.1, 0.15) is 0 Å². The topological polar surface area (TPSA) is 46.2 Å². The van der Waals surface area contributed by atoms with Gasteiger partial charge in [0.2, 0.25) is 0 Å². The van der Waals surface area contributed by atoms with E-state index >= 15 is 0 Å². The molecule has 1 heterocycles. The van der Waals surface area contributed by atoms with Crippen LogP contribution in [0.5, 0.6) is 0 Å². The molecule has 2 atom stereocenters. The number of sulfone groups is 1. The molecule has 1 aliphatic rings. The first-order valence-electron chi connectivity index (χ1n) is 5.71. The van der Waals surface area contributed by atoms with Gasteiger partial charge in [0.25, 0.3) is 0 Å². The summed E-state index contributed by atoms with van der Waals surface area (Å²) in [5.74, 6) is 0.262. The molecule has 94 valence electrons. The maximum atomic E-state index is 12.0. The molecule has 0 spiro atoms. The SMILES string of the molecule is CC1C(c2cccc(Cl)c2)NCCCS1(=O)=O. The summed E-state index contributed by atoms with van der Waals surface area (Å²) in [4.78, 5) is 0. The van der Waals surface area contributed by atoms with Crippen LogP contribution in [0.4, 0.5) is 0 Å². The van der Waals surface area contributed by atoms with Gasteiger partial charge in [-0.2, -0.15) is 0 Å². The predicted octanol–water partition coefficient (Wildman–Crippen LogP) is 2.18. The van der Waals surface area contributed by atoms with E-state index in [1.54, 1.807) is 13.0 Å². The zero-order valence-corrected chi connectivity index (χ0v) is 11.3. The highest BCUT2D eigenvalue weighted by molar-refractivity contribution is 7.92. The first kappa shape index (κ1) is 12.9. The Morgan fingerprint density at radius 2 is 2.18 bits per heavy atom. The Morgan fingerprint density at radius 1 is 1.41 bits per heavy atom. The van der Waals surface area contributed by atoms with Crippen molar-refractivity contribution >= 4 is 21.4 Å². The van der Waals surface area contributed by atoms with Crippen LogP contribution >= 0.6 is 11.6 Å². The van der Waals surface area contributed by atoms with Crippen molar-refractivity contribution in [3.05, 3.63) is 34.9 Å². The van der Waals surface area contributed by atoms with Crippen molar-refractivity contribution in [1.29, 1.82) is 0 Å². The number of rotatable bonds is 1. The minimum absolute atomic E-state index is 0.166. The lowest BCUT2D eigenvalue weighted by atomic mass is 10.0. The van der Waals surface area contributed by atoms with Crippen LogP contribution in [-0.2, 0) is 9.84 Å². The molecule has 0 aliphatic carbocycles. The van der Waals surface area contributed by atoms with Gasteiger partial charge in [-0.3, -0.25) is 0 Å². The summed E-state index contributed by atoms with van der Waals surface area (Å²) < 4.78 is 24.0. The van der Waals surface area contributed by atoms with E-state index in [1.165, 1.54) is 0 Å². The van der Waals surface area contributed by atoms with Gasteiger partial charge in [-0.05, 0) is 37.6 Å². The van der Waals surface area contributed by atoms with Crippen LogP contribution in [0.15, 0.2) is 24.3 Å². The molecule has 2 unspecified atom stereocenters. The van der Waals surface area contributed by atoms with Gasteiger partial charge < -0.3 is 5.32 Å². The second kappa shape index (κ2) is 4.96. The molecule has 1 fully saturated rings. The van der Waals surface area contributed by atoms with E-state index in [4.69, 9.17) is 11.6 Å². The predicted molar refractivity (Wildman–Crippen MR) is 70.1 cm³/mol. The number of benzene rings is 1. The number of hydrogen-bond acceptors (Lipinski definition) is 3. The van der Waals surface area contributed by atoms with Crippen molar-refractivity contribution in [2.24, 2.45) is 0 Å². The minimum atomic E-state index is -3.01. The Bertz CT molecular complexity index is 501. The van der Waals surface area contributed by atoms with Crippen molar-refractivity contribution < 1.29 is 8.42 Å². The highest BCUT2D eigenvalue weighted by Gasteiger charge is 2.32. The van der Waals surface area contributed by atoms with Gasteiger partial charge in [0, 0.05) is 11.1 Å². The summed E-state index contributed by atoms with van der Waals surface area (Å²) in [6.45, 7) is 2.49. The van der Waals surface area contributed by atoms with E-state index in [9.17, 15) is 8.42 Å². The Balaban J connectivity index is 2.36. The molecule has 1 N–H and O–H groups in total. The lowest BCUT2D eigenvalue weighted by Crippen LogP contribution is -2.33. The zero-order chi connectivity index (χ0) is 12.5. The average Bonchev–Trinajstić information content (AvgIpc) is 2.40. The Labute approximate surface area is 107 Å². The van der Waals surface area contributed by atoms with E-state index in [-0.39, 0.29) is 11.8 Å². The fraction of sp³-hybridized carbons (Fsp3) is 0.500. The monoisotopic (exact) mass is 273 g/mol. The smallest absolute Gasteiger partial charge is 0.154 e. The van der Waals surface area contributed by atoms with Crippen molar-refractivity contribution in [1.82, 2.24) is 5.32 Å². The zero-order valence-electron chi connectivity index (χ0n) is 9.69. The Hall–Kier alpha value is -0.580. The normalized spacial score (nSPS) is 28.6. The number of hydrogen-bond donors (Lipinski definition) is 1. The quantitative estimate of drug-likeness (QED) is 0.853. The summed E-state index contributed by atoms with van der Waals surface area (Å²) in [6, 6.07) is 7.23. The van der Waals surface area contributed by atoms with Gasteiger partial charge in [0.05, 0.1) is 11.0 Å². The third-order valence-corrected chi connectivity index (χ3v) is 5.71. The highest BCUT2D eigenvalue weighted by Crippen LogP contribution is 2.26. The number of nitrogens with one attached hydrogen (secondary N) is 1. The molecule has 1 saturated heterocycles. The molecule has 1 aromatic carbocycles. The van der Waals surface area contributed by atoms with E-state index in [0.717, 1.165) is 12.1 Å². The molecule has 5 heteroatoms. The second-order valence-electron chi connectivity index (χ2n) is 4.41. The largest absolute Gasteiger partial charge is 0.309 e. The maximum Gasteiger partial charge on any atom is 0.154 e. The van der Waals surface area contributed by atoms with Crippen molar-refractivity contribution in [2.45, 2.75) is 24.6 Å². The van der Waals surface area contributed by atoms with Crippen molar-refractivity contribution in [3.8, 4) is 0 Å². The van der Waals surface area contributed by atoms with Crippen LogP contribution in [-0.4, -0.2) is 26.0 Å². The van der Waals surface area contributed by atoms with E-state index in [2.05, 4.69) is 5.32 Å². The van der Waals surface area contributed by atoms with Gasteiger partial charge in [-0.25, -0.2) is 8.42 Å². The number of halogens is 1. The van der Waals surface area contributed by atoms with E-state index < -0.39 is 15.1 Å². The lowest BCUT2D eigenvalue weighted by Gasteiger charge is -2.22. The fourth-order valence-corrected chi connectivity index (χ4v) is 3.96. The summed E-state index contributed by atoms with van der Waals surface area (Å²) in [5.41, 5.74) is 0.940. The van der Waals surface area contributed by atoms with Crippen molar-refractivity contribution in [2.75, 3.05) is 12.3 Å². The molecule has 17 heavy (non-hydrogen) atoms. The summed E-state index contributed by atoms with van der Waals surface area (Å²) in [5, 5.41) is 3.52. The molecule has 0 saturated carbocycles. The standard InChI is InChI=1S/C12H16ClNO2S/c1-9-12(10-4-2-5-11(13)8-10)14-6-3-7-17(9,15)16/h2,4-5,8-9,12,14H,3,6-7H2,1H3. The molecule has 0 bridgehead atoms. The molecule has 3 nitrogen and oxygen atoms in total. The molecule has 0 aromatic heterocycles. The van der Waals surface area contributed by atoms with E-state index in [0.29, 0.717) is 11.4 Å². The first-order valence-corrected chi connectivity index (χ1v) is 7.80. The van der Waals surface area contributed by atoms with Crippen LogP contribution in [0.1, 0.15) is 24.9 Å². The van der Waals surface area contributed by atoms with Crippen LogP contribution in [0.2, 0.25) is 5.02 Å². The van der Waals surface area contributed by atoms with Gasteiger partial charge in [0.15, 0.2) is 9.84 Å². The third-order valence-electron chi connectivity index (χ3n) is 3.21. The van der Waals surface area contributed by atoms with Crippen LogP contribution in [0.3, 0.4) is 0 Å². The summed E-state index contributed by atoms with van der Waals surface area (Å²) >= 11 is 5.95. The third kappa shape index (κ3) is 2.81. The van der Waals surface area contributed by atoms with Gasteiger partial charge >= 0.3 is 0 Å². The van der Waals surface area contributed by atoms with Gasteiger partial charge in [-0.15, -0.1) is 0 Å². The van der Waals surface area contributed by atoms with Crippen molar-refractivity contribution in [3.63, 3.8) is 0 Å². The summed E-state index contributed by atoms with van der Waals surface area (Å²) in [6.07, 6.45) is 0.670. The fourth-order valence-electron chi connectivity index (χ4n) is 2.18. The highest BCUT2D eigenvalue weighted by atomic mass is 35.5. The minimum Gasteiger partial charge on any atom is -0.309 e. The Kier molecular flexibility index (Phi) is 3.76. The summed E-state index contributed by atoms with van der Waals surface area (Å²) in [7, 11) is -3.01. The molecule has 1 aromatic rings. The lowest BCUT2D eigenvalue weighted by molar-refractivity contribution is 0.520. The molecule has 2 rings (SSSR count). The molecule has 0 radical (unpaired) electrons. The maximum absolute atomic E-state index is 12.0. The first-order chi connectivity index (χ1) is 8.00. The van der Waals surface area contributed by atoms with Crippen LogP contribution in [0.25, 0.3) is 0 Å². The van der Waals surface area contributed by atoms with Gasteiger partial charge in [-0.1, -0.05) is 23.7 Å². The molecular weight excluding hydrogens is 258 g/mol. The van der Waals surface area contributed by atoms with E-state index in [1.807, 2.05) is 18.2 Å². The molecule has 0 amide bonds. The molecular formula is C12H16ClNO2S. The van der Waals surface area contributed by atoms with Crippen LogP contribution < -0.4 is 5.32 Å².